The van der Waals surface area contributed by atoms with Crippen molar-refractivity contribution in [2.45, 2.75) is 18.7 Å². The Kier molecular flexibility index (Phi) is 4.32. The summed E-state index contributed by atoms with van der Waals surface area (Å²) in [6.45, 7) is 3.81. The van der Waals surface area contributed by atoms with Crippen LogP contribution in [0.2, 0.25) is 0 Å². The Hall–Kier alpha value is -1.59. The van der Waals surface area contributed by atoms with Crippen LogP contribution < -0.4 is 5.73 Å². The van der Waals surface area contributed by atoms with Gasteiger partial charge in [0.1, 0.15) is 4.90 Å². The van der Waals surface area contributed by atoms with Gasteiger partial charge in [-0.2, -0.15) is 14.7 Å². The van der Waals surface area contributed by atoms with Crippen LogP contribution in [0.1, 0.15) is 13.8 Å². The van der Waals surface area contributed by atoms with Crippen molar-refractivity contribution in [1.82, 2.24) is 14.1 Å². The summed E-state index contributed by atoms with van der Waals surface area (Å²) >= 11 is 0. The van der Waals surface area contributed by atoms with E-state index >= 15 is 0 Å². The van der Waals surface area contributed by atoms with Crippen molar-refractivity contribution in [3.8, 4) is 6.07 Å². The number of nitrogens with two attached hydrogens (primary N) is 1. The molecular formula is C10H17N5O2S. The van der Waals surface area contributed by atoms with Crippen LogP contribution in [0.15, 0.2) is 11.1 Å². The Balaban J connectivity index is 3.12. The van der Waals surface area contributed by atoms with E-state index in [0.717, 1.165) is 0 Å². The molecule has 0 aliphatic carbocycles. The lowest BCUT2D eigenvalue weighted by atomic mass is 10.2. The first-order valence-corrected chi connectivity index (χ1v) is 6.95. The predicted octanol–water partition coefficient (Wildman–Crippen LogP) is 0.173. The van der Waals surface area contributed by atoms with Gasteiger partial charge in [0, 0.05) is 26.3 Å². The molecule has 0 aromatic carbocycles. The van der Waals surface area contributed by atoms with E-state index in [-0.39, 0.29) is 29.7 Å². The minimum Gasteiger partial charge on any atom is -0.381 e. The maximum absolute atomic E-state index is 12.3. The Morgan fingerprint density at radius 2 is 2.28 bits per heavy atom. The zero-order valence-corrected chi connectivity index (χ0v) is 11.5. The second-order valence-corrected chi connectivity index (χ2v) is 5.94. The van der Waals surface area contributed by atoms with Gasteiger partial charge >= 0.3 is 0 Å². The minimum atomic E-state index is -3.69. The van der Waals surface area contributed by atoms with E-state index in [2.05, 4.69) is 5.10 Å². The number of rotatable bonds is 5. The quantitative estimate of drug-likeness (QED) is 0.822. The molecule has 0 saturated heterocycles. The van der Waals surface area contributed by atoms with Gasteiger partial charge in [0.2, 0.25) is 10.0 Å². The second-order valence-electron chi connectivity index (χ2n) is 4.04. The lowest BCUT2D eigenvalue weighted by Crippen LogP contribution is -2.34. The number of aromatic nitrogens is 2. The SMILES string of the molecule is CCN(CC(C)C#N)S(=O)(=O)c1cn(C)nc1N. The molecule has 1 rings (SSSR count). The van der Waals surface area contributed by atoms with E-state index < -0.39 is 10.0 Å². The van der Waals surface area contributed by atoms with Gasteiger partial charge in [0.15, 0.2) is 5.82 Å². The standard InChI is InChI=1S/C10H17N5O2S/c1-4-15(6-8(2)5-11)18(16,17)9-7-14(3)13-10(9)12/h7-8H,4,6H2,1-3H3,(H2,12,13). The molecule has 1 aromatic rings. The lowest BCUT2D eigenvalue weighted by molar-refractivity contribution is 0.400. The average Bonchev–Trinajstić information content (AvgIpc) is 2.65. The molecule has 0 spiro atoms. The molecular weight excluding hydrogens is 254 g/mol. The zero-order chi connectivity index (χ0) is 13.9. The van der Waals surface area contributed by atoms with Gasteiger partial charge in [-0.05, 0) is 6.92 Å². The van der Waals surface area contributed by atoms with Crippen molar-refractivity contribution in [3.63, 3.8) is 0 Å². The first-order chi connectivity index (χ1) is 8.32. The van der Waals surface area contributed by atoms with Crippen LogP contribution in [-0.4, -0.2) is 35.6 Å². The number of aryl methyl sites for hydroxylation is 1. The van der Waals surface area contributed by atoms with Crippen LogP contribution in [0, 0.1) is 17.2 Å². The van der Waals surface area contributed by atoms with Gasteiger partial charge < -0.3 is 5.73 Å². The monoisotopic (exact) mass is 271 g/mol. The van der Waals surface area contributed by atoms with Crippen molar-refractivity contribution in [2.24, 2.45) is 13.0 Å². The van der Waals surface area contributed by atoms with Crippen molar-refractivity contribution in [1.29, 1.82) is 5.26 Å². The molecule has 8 heteroatoms. The Morgan fingerprint density at radius 3 is 2.67 bits per heavy atom. The van der Waals surface area contributed by atoms with Crippen LogP contribution in [0.3, 0.4) is 0 Å². The summed E-state index contributed by atoms with van der Waals surface area (Å²) in [5.41, 5.74) is 5.58. The third-order valence-electron chi connectivity index (χ3n) is 2.49. The number of hydrogen-bond donors (Lipinski definition) is 1. The van der Waals surface area contributed by atoms with Crippen molar-refractivity contribution >= 4 is 15.8 Å². The summed E-state index contributed by atoms with van der Waals surface area (Å²) in [4.78, 5) is -0.0167. The number of anilines is 1. The Bertz CT molecular complexity index is 557. The molecule has 2 N–H and O–H groups in total. The summed E-state index contributed by atoms with van der Waals surface area (Å²) in [5, 5.41) is 12.6. The van der Waals surface area contributed by atoms with Crippen LogP contribution in [0.25, 0.3) is 0 Å². The van der Waals surface area contributed by atoms with Crippen molar-refractivity contribution in [3.05, 3.63) is 6.20 Å². The second kappa shape index (κ2) is 5.37. The normalized spacial score (nSPS) is 13.5. The highest BCUT2D eigenvalue weighted by Crippen LogP contribution is 2.21. The molecule has 18 heavy (non-hydrogen) atoms. The van der Waals surface area contributed by atoms with Gasteiger partial charge in [0.25, 0.3) is 0 Å². The summed E-state index contributed by atoms with van der Waals surface area (Å²) in [5.74, 6) is -0.404. The molecule has 1 unspecified atom stereocenters. The number of nitrogens with zero attached hydrogens (tertiary/aromatic N) is 4. The minimum absolute atomic E-state index is 0.0167. The smallest absolute Gasteiger partial charge is 0.248 e. The largest absolute Gasteiger partial charge is 0.381 e. The van der Waals surface area contributed by atoms with Crippen LogP contribution in [0.4, 0.5) is 5.82 Å². The van der Waals surface area contributed by atoms with Gasteiger partial charge in [-0.15, -0.1) is 0 Å². The molecule has 0 amide bonds. The Labute approximate surface area is 107 Å². The van der Waals surface area contributed by atoms with E-state index in [0.29, 0.717) is 0 Å². The number of nitriles is 1. The highest BCUT2D eigenvalue weighted by Gasteiger charge is 2.28. The summed E-state index contributed by atoms with van der Waals surface area (Å²) in [6, 6.07) is 2.01. The highest BCUT2D eigenvalue weighted by molar-refractivity contribution is 7.89. The topological polar surface area (TPSA) is 105 Å². The molecule has 0 bridgehead atoms. The summed E-state index contributed by atoms with van der Waals surface area (Å²) < 4.78 is 27.2. The fraction of sp³-hybridized carbons (Fsp3) is 0.600. The molecule has 1 aromatic heterocycles. The first-order valence-electron chi connectivity index (χ1n) is 5.51. The molecule has 0 aliphatic heterocycles. The maximum Gasteiger partial charge on any atom is 0.248 e. The van der Waals surface area contributed by atoms with E-state index in [1.165, 1.54) is 15.2 Å². The van der Waals surface area contributed by atoms with Crippen LogP contribution in [0.5, 0.6) is 0 Å². The van der Waals surface area contributed by atoms with E-state index in [9.17, 15) is 8.42 Å². The molecule has 0 fully saturated rings. The van der Waals surface area contributed by atoms with Gasteiger partial charge in [-0.25, -0.2) is 8.42 Å². The predicted molar refractivity (Wildman–Crippen MR) is 66.8 cm³/mol. The fourth-order valence-corrected chi connectivity index (χ4v) is 3.19. The third-order valence-corrected chi connectivity index (χ3v) is 4.45. The molecule has 0 aliphatic rings. The molecule has 1 atom stereocenters. The number of sulfonamides is 1. The fourth-order valence-electron chi connectivity index (χ4n) is 1.57. The Morgan fingerprint density at radius 1 is 1.67 bits per heavy atom. The molecule has 0 saturated carbocycles. The number of hydrogen-bond acceptors (Lipinski definition) is 5. The molecule has 1 heterocycles. The van der Waals surface area contributed by atoms with Crippen LogP contribution in [-0.2, 0) is 17.1 Å². The van der Waals surface area contributed by atoms with Crippen molar-refractivity contribution in [2.75, 3.05) is 18.8 Å². The van der Waals surface area contributed by atoms with Gasteiger partial charge in [0.05, 0.1) is 12.0 Å². The maximum atomic E-state index is 12.3. The van der Waals surface area contributed by atoms with Gasteiger partial charge in [-0.3, -0.25) is 4.68 Å². The highest BCUT2D eigenvalue weighted by atomic mass is 32.2. The third kappa shape index (κ3) is 2.80. The van der Waals surface area contributed by atoms with Gasteiger partial charge in [-0.1, -0.05) is 6.92 Å². The van der Waals surface area contributed by atoms with Crippen molar-refractivity contribution < 1.29 is 8.42 Å². The summed E-state index contributed by atoms with van der Waals surface area (Å²) in [7, 11) is -2.09. The lowest BCUT2D eigenvalue weighted by Gasteiger charge is -2.20. The molecule has 0 radical (unpaired) electrons. The zero-order valence-electron chi connectivity index (χ0n) is 10.7. The average molecular weight is 271 g/mol. The first kappa shape index (κ1) is 14.5. The number of nitrogen functional groups attached to an aromatic ring is 1. The van der Waals surface area contributed by atoms with Crippen LogP contribution >= 0.6 is 0 Å². The molecule has 100 valence electrons. The van der Waals surface area contributed by atoms with E-state index in [1.54, 1.807) is 20.9 Å². The molecule has 7 nitrogen and oxygen atoms in total. The van der Waals surface area contributed by atoms with E-state index in [1.807, 2.05) is 6.07 Å². The van der Waals surface area contributed by atoms with E-state index in [4.69, 9.17) is 11.0 Å². The summed E-state index contributed by atoms with van der Waals surface area (Å²) in [6.07, 6.45) is 1.37.